The number of carbonyl (C=O) groups excluding carboxylic acids is 3. The third-order valence-corrected chi connectivity index (χ3v) is 9.55. The number of piperazine rings is 1. The third kappa shape index (κ3) is 7.23. The molecule has 7 nitrogen and oxygen atoms in total. The zero-order valence-electron chi connectivity index (χ0n) is 27.3. The minimum Gasteiger partial charge on any atom is -0.463 e. The van der Waals surface area contributed by atoms with Gasteiger partial charge in [-0.25, -0.2) is 4.79 Å². The van der Waals surface area contributed by atoms with Gasteiger partial charge < -0.3 is 14.5 Å². The summed E-state index contributed by atoms with van der Waals surface area (Å²) in [6.07, 6.45) is 0.128. The summed E-state index contributed by atoms with van der Waals surface area (Å²) in [5, 5.41) is 0.584. The summed E-state index contributed by atoms with van der Waals surface area (Å²) < 4.78 is 5.44. The summed E-state index contributed by atoms with van der Waals surface area (Å²) >= 11 is 6.11. The maximum absolute atomic E-state index is 13.8. The smallest absolute Gasteiger partial charge is 0.336 e. The Morgan fingerprint density at radius 1 is 0.833 bits per heavy atom. The zero-order valence-corrected chi connectivity index (χ0v) is 28.1. The van der Waals surface area contributed by atoms with Crippen LogP contribution in [0.25, 0.3) is 0 Å². The van der Waals surface area contributed by atoms with E-state index < -0.39 is 11.9 Å². The van der Waals surface area contributed by atoms with Crippen LogP contribution in [0.5, 0.6) is 0 Å². The molecule has 0 spiro atoms. The Kier molecular flexibility index (Phi) is 10.4. The summed E-state index contributed by atoms with van der Waals surface area (Å²) in [4.78, 5) is 46.6. The fraction of sp³-hybridized carbons (Fsp3) is 0.275. The maximum Gasteiger partial charge on any atom is 0.336 e. The number of allylic oxidation sites excluding steroid dienone is 1. The minimum absolute atomic E-state index is 0.0280. The lowest BCUT2D eigenvalue weighted by Gasteiger charge is -2.40. The number of hydrogen-bond acceptors (Lipinski definition) is 5. The molecule has 0 N–H and O–H groups in total. The number of halogens is 1. The van der Waals surface area contributed by atoms with E-state index in [1.807, 2.05) is 53.4 Å². The first-order chi connectivity index (χ1) is 23.3. The van der Waals surface area contributed by atoms with Crippen molar-refractivity contribution in [2.75, 3.05) is 32.8 Å². The van der Waals surface area contributed by atoms with Crippen molar-refractivity contribution in [1.29, 1.82) is 0 Å². The van der Waals surface area contributed by atoms with Crippen LogP contribution in [0.3, 0.4) is 0 Å². The van der Waals surface area contributed by atoms with Gasteiger partial charge in [0.15, 0.2) is 0 Å². The SMILES string of the molecule is CCOC(=O)C1=C(C)N(Cc2cccc(C(=O)N3CCN(C(c4ccccc4)c4ccccc4)CC3)c2)C(=O)CC1c1ccc(Cl)cc1. The molecule has 48 heavy (non-hydrogen) atoms. The van der Waals surface area contributed by atoms with Gasteiger partial charge in [0, 0.05) is 54.8 Å². The first kappa shape index (κ1) is 33.2. The fourth-order valence-corrected chi connectivity index (χ4v) is 7.02. The number of benzene rings is 4. The second-order valence-electron chi connectivity index (χ2n) is 12.3. The molecule has 2 heterocycles. The van der Waals surface area contributed by atoms with Gasteiger partial charge in [0.1, 0.15) is 0 Å². The predicted molar refractivity (Wildman–Crippen MR) is 187 cm³/mol. The molecule has 1 unspecified atom stereocenters. The van der Waals surface area contributed by atoms with E-state index in [-0.39, 0.29) is 37.4 Å². The van der Waals surface area contributed by atoms with E-state index in [1.165, 1.54) is 11.1 Å². The van der Waals surface area contributed by atoms with Crippen molar-refractivity contribution in [1.82, 2.24) is 14.7 Å². The fourth-order valence-electron chi connectivity index (χ4n) is 6.89. The molecule has 0 bridgehead atoms. The maximum atomic E-state index is 13.8. The van der Waals surface area contributed by atoms with Crippen molar-refractivity contribution >= 4 is 29.4 Å². The van der Waals surface area contributed by atoms with Crippen molar-refractivity contribution < 1.29 is 19.1 Å². The molecule has 246 valence electrons. The van der Waals surface area contributed by atoms with E-state index in [4.69, 9.17) is 16.3 Å². The molecule has 4 aromatic rings. The monoisotopic (exact) mass is 661 g/mol. The highest BCUT2D eigenvalue weighted by Crippen LogP contribution is 2.38. The van der Waals surface area contributed by atoms with Crippen LogP contribution in [0.4, 0.5) is 0 Å². The second-order valence-corrected chi connectivity index (χ2v) is 12.7. The molecule has 1 fully saturated rings. The van der Waals surface area contributed by atoms with Crippen LogP contribution in [0.2, 0.25) is 5.02 Å². The summed E-state index contributed by atoms with van der Waals surface area (Å²) in [6.45, 7) is 6.75. The Morgan fingerprint density at radius 2 is 1.46 bits per heavy atom. The number of nitrogens with zero attached hydrogens (tertiary/aromatic N) is 3. The van der Waals surface area contributed by atoms with E-state index in [0.717, 1.165) is 24.2 Å². The molecule has 0 radical (unpaired) electrons. The highest BCUT2D eigenvalue weighted by Gasteiger charge is 2.37. The van der Waals surface area contributed by atoms with Crippen LogP contribution < -0.4 is 0 Å². The van der Waals surface area contributed by atoms with E-state index >= 15 is 0 Å². The summed E-state index contributed by atoms with van der Waals surface area (Å²) in [7, 11) is 0. The quantitative estimate of drug-likeness (QED) is 0.177. The number of amides is 2. The van der Waals surface area contributed by atoms with Gasteiger partial charge in [-0.2, -0.15) is 0 Å². The molecule has 0 aliphatic carbocycles. The Balaban J connectivity index is 1.18. The van der Waals surface area contributed by atoms with E-state index in [1.54, 1.807) is 30.9 Å². The van der Waals surface area contributed by atoms with Gasteiger partial charge in [0.05, 0.1) is 24.8 Å². The molecule has 0 saturated carbocycles. The Hall–Kier alpha value is -4.72. The number of carbonyl (C=O) groups is 3. The van der Waals surface area contributed by atoms with Crippen molar-refractivity contribution in [3.63, 3.8) is 0 Å². The summed E-state index contributed by atoms with van der Waals surface area (Å²) in [5.74, 6) is -0.989. The van der Waals surface area contributed by atoms with Crippen LogP contribution in [-0.2, 0) is 20.9 Å². The third-order valence-electron chi connectivity index (χ3n) is 9.30. The predicted octanol–water partition coefficient (Wildman–Crippen LogP) is 7.24. The van der Waals surface area contributed by atoms with Gasteiger partial charge in [-0.3, -0.25) is 14.5 Å². The largest absolute Gasteiger partial charge is 0.463 e. The molecule has 0 aromatic heterocycles. The Morgan fingerprint density at radius 3 is 2.06 bits per heavy atom. The van der Waals surface area contributed by atoms with Gasteiger partial charge >= 0.3 is 5.97 Å². The second kappa shape index (κ2) is 15.0. The average Bonchev–Trinajstić information content (AvgIpc) is 3.11. The normalized spacial score (nSPS) is 17.2. The van der Waals surface area contributed by atoms with Crippen LogP contribution in [-0.4, -0.2) is 65.3 Å². The number of ether oxygens (including phenoxy) is 1. The molecular weight excluding hydrogens is 622 g/mol. The Bertz CT molecular complexity index is 1740. The van der Waals surface area contributed by atoms with Crippen LogP contribution in [0.15, 0.2) is 120 Å². The molecule has 8 heteroatoms. The first-order valence-electron chi connectivity index (χ1n) is 16.5. The molecule has 6 rings (SSSR count). The topological polar surface area (TPSA) is 70.2 Å². The van der Waals surface area contributed by atoms with Crippen molar-refractivity contribution in [2.45, 2.75) is 38.8 Å². The number of esters is 1. The summed E-state index contributed by atoms with van der Waals surface area (Å²) in [6, 6.07) is 35.8. The van der Waals surface area contributed by atoms with Gasteiger partial charge in [0.2, 0.25) is 5.91 Å². The number of hydrogen-bond donors (Lipinski definition) is 0. The van der Waals surface area contributed by atoms with Crippen LogP contribution in [0.1, 0.15) is 64.8 Å². The van der Waals surface area contributed by atoms with Gasteiger partial charge in [-0.05, 0) is 60.4 Å². The summed E-state index contributed by atoms with van der Waals surface area (Å²) in [5.41, 5.74) is 5.73. The van der Waals surface area contributed by atoms with Crippen molar-refractivity contribution in [3.05, 3.63) is 153 Å². The molecule has 1 atom stereocenters. The average molecular weight is 662 g/mol. The highest BCUT2D eigenvalue weighted by atomic mass is 35.5. The van der Waals surface area contributed by atoms with E-state index in [0.29, 0.717) is 34.9 Å². The van der Waals surface area contributed by atoms with Gasteiger partial charge in [0.25, 0.3) is 5.91 Å². The lowest BCUT2D eigenvalue weighted by molar-refractivity contribution is -0.140. The van der Waals surface area contributed by atoms with E-state index in [2.05, 4.69) is 53.4 Å². The van der Waals surface area contributed by atoms with Crippen molar-refractivity contribution in [3.8, 4) is 0 Å². The lowest BCUT2D eigenvalue weighted by Crippen LogP contribution is -2.49. The molecule has 2 aliphatic rings. The van der Waals surface area contributed by atoms with Crippen molar-refractivity contribution in [2.24, 2.45) is 0 Å². The molecule has 2 amide bonds. The van der Waals surface area contributed by atoms with Gasteiger partial charge in [-0.15, -0.1) is 0 Å². The lowest BCUT2D eigenvalue weighted by atomic mass is 9.83. The van der Waals surface area contributed by atoms with Crippen LogP contribution >= 0.6 is 11.6 Å². The molecular formula is C40H40ClN3O4. The Labute approximate surface area is 287 Å². The van der Waals surface area contributed by atoms with Crippen LogP contribution in [0, 0.1) is 0 Å². The van der Waals surface area contributed by atoms with Gasteiger partial charge in [-0.1, -0.05) is 96.5 Å². The molecule has 2 aliphatic heterocycles. The minimum atomic E-state index is -0.433. The molecule has 1 saturated heterocycles. The van der Waals surface area contributed by atoms with E-state index in [9.17, 15) is 14.4 Å². The first-order valence-corrected chi connectivity index (χ1v) is 16.9. The highest BCUT2D eigenvalue weighted by molar-refractivity contribution is 6.30. The standard InChI is InChI=1S/C40H40ClN3O4/c1-3-48-40(47)37-28(2)44(36(45)26-35(37)30-17-19-34(41)20-18-30)27-29-11-10-16-33(25-29)39(46)43-23-21-42(22-24-43)38(31-12-6-4-7-13-31)32-14-8-5-9-15-32/h4-20,25,35,38H,3,21-24,26-27H2,1-2H3. The number of rotatable bonds is 9. The molecule has 4 aromatic carbocycles. The zero-order chi connectivity index (χ0) is 33.6.